The van der Waals surface area contributed by atoms with Crippen LogP contribution in [0.5, 0.6) is 0 Å². The lowest BCUT2D eigenvalue weighted by Gasteiger charge is -2.15. The third kappa shape index (κ3) is 3.45. The van der Waals surface area contributed by atoms with E-state index < -0.39 is 5.41 Å². The topological polar surface area (TPSA) is 58.2 Å². The number of halogens is 1. The lowest BCUT2D eigenvalue weighted by Crippen LogP contribution is -2.40. The Morgan fingerprint density at radius 1 is 0.958 bits per heavy atom. The van der Waals surface area contributed by atoms with Gasteiger partial charge in [0.15, 0.2) is 0 Å². The third-order valence-electron chi connectivity index (χ3n) is 4.29. The van der Waals surface area contributed by atoms with Gasteiger partial charge in [-0.05, 0) is 43.0 Å². The molecule has 0 radical (unpaired) electrons. The maximum atomic E-state index is 13.6. The Labute approximate surface area is 140 Å². The predicted molar refractivity (Wildman–Crippen MR) is 89.9 cm³/mol. The molecule has 5 heteroatoms. The van der Waals surface area contributed by atoms with Crippen LogP contribution in [0.4, 0.5) is 10.1 Å². The maximum Gasteiger partial charge on any atom is 0.240 e. The fourth-order valence-electron chi connectivity index (χ4n) is 2.64. The maximum absolute atomic E-state index is 13.6. The second kappa shape index (κ2) is 6.83. The Bertz CT molecular complexity index is 742. The minimum absolute atomic E-state index is 0.280. The Hall–Kier alpha value is -2.69. The van der Waals surface area contributed by atoms with Crippen molar-refractivity contribution in [3.8, 4) is 0 Å². The van der Waals surface area contributed by atoms with Gasteiger partial charge in [0.2, 0.25) is 11.8 Å². The van der Waals surface area contributed by atoms with E-state index in [4.69, 9.17) is 0 Å². The number of benzene rings is 2. The van der Waals surface area contributed by atoms with Crippen LogP contribution in [-0.2, 0) is 16.0 Å². The zero-order valence-electron chi connectivity index (χ0n) is 13.2. The van der Waals surface area contributed by atoms with E-state index in [-0.39, 0.29) is 17.6 Å². The minimum Gasteiger partial charge on any atom is -0.355 e. The van der Waals surface area contributed by atoms with Crippen molar-refractivity contribution in [2.45, 2.75) is 19.3 Å². The SMILES string of the molecule is O=C(NCCc1ccccc1F)C1(C(=O)Nc2ccccc2)CC1. The average molecular weight is 326 g/mol. The van der Waals surface area contributed by atoms with Gasteiger partial charge in [-0.1, -0.05) is 36.4 Å². The summed E-state index contributed by atoms with van der Waals surface area (Å²) in [5, 5.41) is 5.54. The molecular weight excluding hydrogens is 307 g/mol. The van der Waals surface area contributed by atoms with E-state index >= 15 is 0 Å². The van der Waals surface area contributed by atoms with E-state index in [1.165, 1.54) is 6.07 Å². The van der Waals surface area contributed by atoms with E-state index in [1.54, 1.807) is 30.3 Å². The van der Waals surface area contributed by atoms with Gasteiger partial charge in [-0.25, -0.2) is 4.39 Å². The second-order valence-corrected chi connectivity index (χ2v) is 6.00. The molecule has 2 amide bonds. The summed E-state index contributed by atoms with van der Waals surface area (Å²) in [4.78, 5) is 24.8. The summed E-state index contributed by atoms with van der Waals surface area (Å²) in [6.45, 7) is 0.306. The van der Waals surface area contributed by atoms with Gasteiger partial charge in [-0.15, -0.1) is 0 Å². The minimum atomic E-state index is -0.981. The van der Waals surface area contributed by atoms with Crippen molar-refractivity contribution < 1.29 is 14.0 Å². The van der Waals surface area contributed by atoms with Gasteiger partial charge in [0, 0.05) is 12.2 Å². The monoisotopic (exact) mass is 326 g/mol. The van der Waals surface area contributed by atoms with Crippen LogP contribution in [0.3, 0.4) is 0 Å². The molecule has 124 valence electrons. The van der Waals surface area contributed by atoms with Crippen molar-refractivity contribution in [3.05, 3.63) is 66.0 Å². The number of carbonyl (C=O) groups excluding carboxylic acids is 2. The summed E-state index contributed by atoms with van der Waals surface area (Å²) in [6.07, 6.45) is 1.48. The van der Waals surface area contributed by atoms with E-state index in [9.17, 15) is 14.0 Å². The highest BCUT2D eigenvalue weighted by atomic mass is 19.1. The van der Waals surface area contributed by atoms with Gasteiger partial charge in [-0.3, -0.25) is 9.59 Å². The second-order valence-electron chi connectivity index (χ2n) is 6.00. The molecule has 2 aromatic rings. The van der Waals surface area contributed by atoms with Crippen molar-refractivity contribution in [1.82, 2.24) is 5.32 Å². The molecule has 0 aromatic heterocycles. The molecule has 0 unspecified atom stereocenters. The molecule has 1 aliphatic carbocycles. The molecule has 0 spiro atoms. The molecule has 0 bridgehead atoms. The number of amides is 2. The zero-order chi connectivity index (χ0) is 17.0. The molecule has 1 fully saturated rings. The molecule has 0 atom stereocenters. The summed E-state index contributed by atoms with van der Waals surface area (Å²) in [5.41, 5.74) is 0.245. The fraction of sp³-hybridized carbons (Fsp3) is 0.263. The summed E-state index contributed by atoms with van der Waals surface area (Å²) in [6, 6.07) is 15.5. The molecule has 0 saturated heterocycles. The smallest absolute Gasteiger partial charge is 0.240 e. The molecule has 2 N–H and O–H groups in total. The average Bonchev–Trinajstić information content (AvgIpc) is 3.39. The van der Waals surface area contributed by atoms with Crippen molar-refractivity contribution in [2.24, 2.45) is 5.41 Å². The Morgan fingerprint density at radius 3 is 2.29 bits per heavy atom. The number of nitrogens with one attached hydrogen (secondary N) is 2. The van der Waals surface area contributed by atoms with Crippen LogP contribution in [0.1, 0.15) is 18.4 Å². The van der Waals surface area contributed by atoms with Crippen molar-refractivity contribution in [2.75, 3.05) is 11.9 Å². The number of para-hydroxylation sites is 1. The quantitative estimate of drug-likeness (QED) is 0.802. The van der Waals surface area contributed by atoms with Crippen LogP contribution in [-0.4, -0.2) is 18.4 Å². The van der Waals surface area contributed by atoms with Crippen molar-refractivity contribution >= 4 is 17.5 Å². The highest BCUT2D eigenvalue weighted by Gasteiger charge is 2.56. The first kappa shape index (κ1) is 16.2. The van der Waals surface area contributed by atoms with Crippen LogP contribution < -0.4 is 10.6 Å². The van der Waals surface area contributed by atoms with E-state index in [0.29, 0.717) is 37.1 Å². The highest BCUT2D eigenvalue weighted by Crippen LogP contribution is 2.46. The number of hydrogen-bond donors (Lipinski definition) is 2. The van der Waals surface area contributed by atoms with Crippen LogP contribution in [0, 0.1) is 11.2 Å². The molecule has 0 heterocycles. The Balaban J connectivity index is 1.54. The lowest BCUT2D eigenvalue weighted by atomic mass is 10.0. The molecule has 1 saturated carbocycles. The Kier molecular flexibility index (Phi) is 4.60. The summed E-state index contributed by atoms with van der Waals surface area (Å²) < 4.78 is 13.6. The van der Waals surface area contributed by atoms with E-state index in [0.717, 1.165) is 0 Å². The number of anilines is 1. The summed E-state index contributed by atoms with van der Waals surface area (Å²) in [5.74, 6) is -0.848. The number of hydrogen-bond acceptors (Lipinski definition) is 2. The first-order valence-corrected chi connectivity index (χ1v) is 8.00. The molecule has 2 aromatic carbocycles. The normalized spacial score (nSPS) is 14.7. The van der Waals surface area contributed by atoms with Crippen LogP contribution in [0.25, 0.3) is 0 Å². The van der Waals surface area contributed by atoms with Crippen LogP contribution in [0.2, 0.25) is 0 Å². The first-order valence-electron chi connectivity index (χ1n) is 8.00. The van der Waals surface area contributed by atoms with E-state index in [1.807, 2.05) is 18.2 Å². The largest absolute Gasteiger partial charge is 0.355 e. The Morgan fingerprint density at radius 2 is 1.62 bits per heavy atom. The molecule has 24 heavy (non-hydrogen) atoms. The van der Waals surface area contributed by atoms with E-state index in [2.05, 4.69) is 10.6 Å². The van der Waals surface area contributed by atoms with Gasteiger partial charge < -0.3 is 10.6 Å². The van der Waals surface area contributed by atoms with Gasteiger partial charge in [-0.2, -0.15) is 0 Å². The van der Waals surface area contributed by atoms with Crippen molar-refractivity contribution in [3.63, 3.8) is 0 Å². The fourth-order valence-corrected chi connectivity index (χ4v) is 2.64. The van der Waals surface area contributed by atoms with Gasteiger partial charge in [0.05, 0.1) is 0 Å². The molecular formula is C19H19FN2O2. The summed E-state index contributed by atoms with van der Waals surface area (Å²) >= 11 is 0. The summed E-state index contributed by atoms with van der Waals surface area (Å²) in [7, 11) is 0. The van der Waals surface area contributed by atoms with Crippen molar-refractivity contribution in [1.29, 1.82) is 0 Å². The predicted octanol–water partition coefficient (Wildman–Crippen LogP) is 2.90. The zero-order valence-corrected chi connectivity index (χ0v) is 13.2. The first-order chi connectivity index (χ1) is 11.6. The highest BCUT2D eigenvalue weighted by molar-refractivity contribution is 6.13. The standard InChI is InChI=1S/C19H19FN2O2/c20-16-9-5-4-6-14(16)10-13-21-17(23)19(11-12-19)18(24)22-15-7-2-1-3-8-15/h1-9H,10-13H2,(H,21,23)(H,22,24). The van der Waals surface area contributed by atoms with Gasteiger partial charge in [0.25, 0.3) is 0 Å². The molecule has 4 nitrogen and oxygen atoms in total. The lowest BCUT2D eigenvalue weighted by molar-refractivity contribution is -0.134. The number of rotatable bonds is 6. The molecule has 0 aliphatic heterocycles. The van der Waals surface area contributed by atoms with Crippen LogP contribution >= 0.6 is 0 Å². The van der Waals surface area contributed by atoms with Gasteiger partial charge in [0.1, 0.15) is 11.2 Å². The third-order valence-corrected chi connectivity index (χ3v) is 4.29. The van der Waals surface area contributed by atoms with Gasteiger partial charge >= 0.3 is 0 Å². The van der Waals surface area contributed by atoms with Crippen LogP contribution in [0.15, 0.2) is 54.6 Å². The molecule has 1 aliphatic rings. The number of carbonyl (C=O) groups is 2. The molecule has 3 rings (SSSR count).